The van der Waals surface area contributed by atoms with Gasteiger partial charge < -0.3 is 29.2 Å². The fourth-order valence-corrected chi connectivity index (χ4v) is 8.57. The Bertz CT molecular complexity index is 1160. The summed E-state index contributed by atoms with van der Waals surface area (Å²) in [6.45, 7) is 7.68. The average molecular weight is 529 g/mol. The summed E-state index contributed by atoms with van der Waals surface area (Å²) in [7, 11) is 0. The molecule has 3 aliphatic carbocycles. The number of ketones is 1. The van der Waals surface area contributed by atoms with Gasteiger partial charge in [-0.3, -0.25) is 4.79 Å². The Morgan fingerprint density at radius 1 is 1.16 bits per heavy atom. The molecule has 9 atom stereocenters. The maximum atomic E-state index is 13.2. The van der Waals surface area contributed by atoms with E-state index in [9.17, 15) is 24.6 Å². The summed E-state index contributed by atoms with van der Waals surface area (Å²) in [4.78, 5) is 38.8. The summed E-state index contributed by atoms with van der Waals surface area (Å²) < 4.78 is 24.2. The van der Waals surface area contributed by atoms with E-state index >= 15 is 0 Å². The van der Waals surface area contributed by atoms with Gasteiger partial charge in [0.15, 0.2) is 11.4 Å². The fraction of sp³-hybridized carbons (Fsp3) is 0.690. The van der Waals surface area contributed by atoms with Gasteiger partial charge in [-0.05, 0) is 51.0 Å². The molecule has 1 spiro atoms. The third kappa shape index (κ3) is 3.22. The zero-order valence-corrected chi connectivity index (χ0v) is 21.9. The Morgan fingerprint density at radius 2 is 1.95 bits per heavy atom. The molecule has 0 amide bonds. The first-order valence-corrected chi connectivity index (χ1v) is 13.6. The molecule has 4 heterocycles. The zero-order valence-electron chi connectivity index (χ0n) is 21.9. The predicted molar refractivity (Wildman–Crippen MR) is 133 cm³/mol. The van der Waals surface area contributed by atoms with Crippen molar-refractivity contribution in [2.45, 2.75) is 94.4 Å². The maximum absolute atomic E-state index is 13.2. The number of Topliss-reactive ketones (excluding diaryl/α,β-unsaturated/α-hetero) is 1. The van der Waals surface area contributed by atoms with E-state index < -0.39 is 52.3 Å². The molecule has 0 unspecified atom stereocenters. The van der Waals surface area contributed by atoms with Crippen molar-refractivity contribution in [2.75, 3.05) is 13.2 Å². The van der Waals surface area contributed by atoms with Gasteiger partial charge in [0.2, 0.25) is 0 Å². The summed E-state index contributed by atoms with van der Waals surface area (Å²) in [6, 6.07) is 0. The van der Waals surface area contributed by atoms with E-state index in [-0.39, 0.29) is 50.3 Å². The Kier molecular flexibility index (Phi) is 5.85. The number of aliphatic hydroxyl groups is 2. The van der Waals surface area contributed by atoms with E-state index in [1.165, 1.54) is 19.1 Å². The summed E-state index contributed by atoms with van der Waals surface area (Å²) in [6.07, 6.45) is 4.22. The zero-order chi connectivity index (χ0) is 27.1. The highest BCUT2D eigenvalue weighted by Gasteiger charge is 2.82. The Labute approximate surface area is 221 Å². The van der Waals surface area contributed by atoms with E-state index in [4.69, 9.17) is 18.9 Å². The molecule has 206 valence electrons. The van der Waals surface area contributed by atoms with Crippen molar-refractivity contribution < 1.29 is 43.5 Å². The second-order valence-electron chi connectivity index (χ2n) is 12.2. The molecule has 0 radical (unpaired) electrons. The highest BCUT2D eigenvalue weighted by molar-refractivity contribution is 5.88. The molecular weight excluding hydrogens is 492 g/mol. The van der Waals surface area contributed by atoms with Crippen LogP contribution in [0.1, 0.15) is 58.8 Å². The lowest BCUT2D eigenvalue weighted by Gasteiger charge is -2.69. The number of carbonyl (C=O) groups excluding carboxylic acids is 3. The monoisotopic (exact) mass is 528 g/mol. The van der Waals surface area contributed by atoms with Gasteiger partial charge in [-0.1, -0.05) is 25.2 Å². The van der Waals surface area contributed by atoms with Crippen molar-refractivity contribution in [1.82, 2.24) is 0 Å². The van der Waals surface area contributed by atoms with Crippen LogP contribution in [0, 0.1) is 16.7 Å². The lowest BCUT2D eigenvalue weighted by molar-refractivity contribution is -0.349. The first-order chi connectivity index (χ1) is 18.0. The van der Waals surface area contributed by atoms with E-state index in [1.807, 2.05) is 6.92 Å². The van der Waals surface area contributed by atoms with Gasteiger partial charge in [0.05, 0.1) is 18.8 Å². The second-order valence-corrected chi connectivity index (χ2v) is 12.2. The number of aliphatic hydroxyl groups excluding tert-OH is 1. The van der Waals surface area contributed by atoms with Crippen LogP contribution in [0.3, 0.4) is 0 Å². The number of hydrogen-bond acceptors (Lipinski definition) is 9. The topological polar surface area (TPSA) is 129 Å². The molecular formula is C29H36O9. The van der Waals surface area contributed by atoms with Crippen LogP contribution in [0.5, 0.6) is 0 Å². The normalized spacial score (nSPS) is 48.3. The van der Waals surface area contributed by atoms with E-state index in [1.54, 1.807) is 6.08 Å². The minimum Gasteiger partial charge on any atom is -0.462 e. The van der Waals surface area contributed by atoms with Crippen LogP contribution in [0.4, 0.5) is 0 Å². The van der Waals surface area contributed by atoms with Crippen molar-refractivity contribution in [1.29, 1.82) is 0 Å². The number of allylic oxidation sites excluding steroid dienone is 1. The van der Waals surface area contributed by atoms with E-state index in [2.05, 4.69) is 6.58 Å². The predicted octanol–water partition coefficient (Wildman–Crippen LogP) is 2.09. The minimum absolute atomic E-state index is 0.0378. The van der Waals surface area contributed by atoms with Gasteiger partial charge in [-0.15, -0.1) is 0 Å². The maximum Gasteiger partial charge on any atom is 0.330 e. The highest BCUT2D eigenvalue weighted by Crippen LogP contribution is 2.74. The number of hydrogen-bond donors (Lipinski definition) is 2. The summed E-state index contributed by atoms with van der Waals surface area (Å²) in [5.41, 5.74) is -3.08. The van der Waals surface area contributed by atoms with Crippen LogP contribution in [0.25, 0.3) is 0 Å². The summed E-state index contributed by atoms with van der Waals surface area (Å²) >= 11 is 0. The smallest absolute Gasteiger partial charge is 0.330 e. The standard InChI is InChI=1S/C29H36O9/c1-16-7-10-27-15-35-23(32)12-18-8-11-36-28(17(2)30,24(18)33)9-5-4-6-22(31)37-20-13-21-29(34,26(20,27)3)14-19(16)25(27)38-21/h4,6,12,19-21,24-25,33-34H,1,5,7-11,13-15H2,2-3H3/t19-,20+,21+,24+,25+,26+,27+,28+,29-/m0/s1. The SMILES string of the molecule is C=C1CC[C@@]23COC(=O)C=C4CCO[C@@](C(C)=O)(CCC=CC(=O)O[C@@H]5C[C@H]6O[C@@H]2[C@H]1C[C@@]6(O)[C@]53C)[C@@H]4O. The molecule has 4 aliphatic heterocycles. The second kappa shape index (κ2) is 8.58. The summed E-state index contributed by atoms with van der Waals surface area (Å²) in [5, 5.41) is 23.3. The van der Waals surface area contributed by atoms with Gasteiger partial charge in [-0.2, -0.15) is 0 Å². The minimum atomic E-state index is -1.51. The van der Waals surface area contributed by atoms with Crippen LogP contribution in [0.2, 0.25) is 0 Å². The molecule has 0 aromatic carbocycles. The van der Waals surface area contributed by atoms with Crippen molar-refractivity contribution in [3.8, 4) is 0 Å². The van der Waals surface area contributed by atoms with Crippen LogP contribution in [0.15, 0.2) is 36.0 Å². The first-order valence-electron chi connectivity index (χ1n) is 13.6. The van der Waals surface area contributed by atoms with Crippen LogP contribution in [-0.4, -0.2) is 76.8 Å². The van der Waals surface area contributed by atoms with Gasteiger partial charge in [0, 0.05) is 35.3 Å². The van der Waals surface area contributed by atoms with Crippen molar-refractivity contribution in [2.24, 2.45) is 16.7 Å². The quantitative estimate of drug-likeness (QED) is 0.388. The molecule has 3 saturated heterocycles. The lowest BCUT2D eigenvalue weighted by Crippen LogP contribution is -2.77. The molecule has 9 nitrogen and oxygen atoms in total. The molecule has 7 rings (SSSR count). The van der Waals surface area contributed by atoms with E-state index in [0.717, 1.165) is 5.57 Å². The third-order valence-corrected chi connectivity index (χ3v) is 10.8. The van der Waals surface area contributed by atoms with Gasteiger partial charge in [-0.25, -0.2) is 9.59 Å². The third-order valence-electron chi connectivity index (χ3n) is 10.8. The van der Waals surface area contributed by atoms with Crippen molar-refractivity contribution in [3.05, 3.63) is 36.0 Å². The molecule has 0 aromatic rings. The number of rotatable bonds is 1. The lowest BCUT2D eigenvalue weighted by atomic mass is 9.41. The molecule has 2 N–H and O–H groups in total. The van der Waals surface area contributed by atoms with Crippen molar-refractivity contribution >= 4 is 17.7 Å². The van der Waals surface area contributed by atoms with Crippen LogP contribution >= 0.6 is 0 Å². The fourth-order valence-electron chi connectivity index (χ4n) is 8.57. The summed E-state index contributed by atoms with van der Waals surface area (Å²) in [5.74, 6) is -1.63. The molecule has 9 heteroatoms. The van der Waals surface area contributed by atoms with E-state index in [0.29, 0.717) is 31.3 Å². The van der Waals surface area contributed by atoms with Gasteiger partial charge in [0.25, 0.3) is 0 Å². The molecule has 7 aliphatic rings. The van der Waals surface area contributed by atoms with Gasteiger partial charge >= 0.3 is 11.9 Å². The number of fused-ring (bicyclic) bond motifs is 2. The molecule has 38 heavy (non-hydrogen) atoms. The Morgan fingerprint density at radius 3 is 2.71 bits per heavy atom. The molecule has 8 bridgehead atoms. The molecule has 0 aromatic heterocycles. The Hall–Kier alpha value is -2.33. The average Bonchev–Trinajstić information content (AvgIpc) is 3.02. The Balaban J connectivity index is 1.42. The first kappa shape index (κ1) is 25.9. The number of ether oxygens (including phenoxy) is 4. The number of esters is 2. The number of cyclic esters (lactones) is 1. The highest BCUT2D eigenvalue weighted by atomic mass is 16.6. The van der Waals surface area contributed by atoms with Crippen LogP contribution in [-0.2, 0) is 33.3 Å². The van der Waals surface area contributed by atoms with Crippen LogP contribution < -0.4 is 0 Å². The van der Waals surface area contributed by atoms with Crippen molar-refractivity contribution in [3.63, 3.8) is 0 Å². The largest absolute Gasteiger partial charge is 0.462 e. The van der Waals surface area contributed by atoms with Gasteiger partial charge in [0.1, 0.15) is 24.4 Å². The molecule has 6 fully saturated rings. The number of carbonyl (C=O) groups is 3. The molecule has 3 saturated carbocycles.